The van der Waals surface area contributed by atoms with E-state index in [2.05, 4.69) is 15.9 Å². The maximum Gasteiger partial charge on any atom is 0.299 e. The van der Waals surface area contributed by atoms with E-state index in [1.807, 2.05) is 6.07 Å². The predicted molar refractivity (Wildman–Crippen MR) is 63.8 cm³/mol. The summed E-state index contributed by atoms with van der Waals surface area (Å²) >= 11 is 3.39. The summed E-state index contributed by atoms with van der Waals surface area (Å²) in [4.78, 5) is 25.2. The Hall–Kier alpha value is -1.16. The normalized spacial score (nSPS) is 18.7. The van der Waals surface area contributed by atoms with Crippen molar-refractivity contribution in [3.8, 4) is 0 Å². The highest BCUT2D eigenvalue weighted by molar-refractivity contribution is 9.10. The predicted octanol–water partition coefficient (Wildman–Crippen LogP) is 2.31. The highest BCUT2D eigenvalue weighted by Gasteiger charge is 2.38. The highest BCUT2D eigenvalue weighted by Crippen LogP contribution is 2.37. The van der Waals surface area contributed by atoms with Gasteiger partial charge in [0, 0.05) is 11.0 Å². The minimum Gasteiger partial charge on any atom is -0.304 e. The van der Waals surface area contributed by atoms with Gasteiger partial charge in [-0.3, -0.25) is 9.59 Å². The second kappa shape index (κ2) is 3.42. The number of halogens is 1. The third kappa shape index (κ3) is 1.26. The van der Waals surface area contributed by atoms with E-state index in [-0.39, 0.29) is 11.7 Å². The van der Waals surface area contributed by atoms with Crippen LogP contribution in [0.25, 0.3) is 0 Å². The quantitative estimate of drug-likeness (QED) is 0.684. The van der Waals surface area contributed by atoms with Crippen molar-refractivity contribution in [3.63, 3.8) is 0 Å². The van der Waals surface area contributed by atoms with Crippen LogP contribution in [0.1, 0.15) is 28.8 Å². The van der Waals surface area contributed by atoms with Gasteiger partial charge in [0.15, 0.2) is 0 Å². The molecule has 0 aliphatic carbocycles. The van der Waals surface area contributed by atoms with Gasteiger partial charge in [-0.1, -0.05) is 15.9 Å². The van der Waals surface area contributed by atoms with Gasteiger partial charge in [-0.15, -0.1) is 0 Å². The number of carbonyl (C=O) groups is 2. The lowest BCUT2D eigenvalue weighted by atomic mass is 10.0. The molecule has 16 heavy (non-hydrogen) atoms. The summed E-state index contributed by atoms with van der Waals surface area (Å²) in [6.45, 7) is 0.673. The van der Waals surface area contributed by atoms with Crippen molar-refractivity contribution in [3.05, 3.63) is 27.7 Å². The summed E-state index contributed by atoms with van der Waals surface area (Å²) in [6.07, 6.45) is 2.98. The van der Waals surface area contributed by atoms with Crippen LogP contribution in [-0.2, 0) is 11.2 Å². The van der Waals surface area contributed by atoms with E-state index >= 15 is 0 Å². The molecule has 0 bridgehead atoms. The van der Waals surface area contributed by atoms with Crippen LogP contribution in [0.4, 0.5) is 5.69 Å². The van der Waals surface area contributed by atoms with E-state index in [4.69, 9.17) is 0 Å². The van der Waals surface area contributed by atoms with Gasteiger partial charge >= 0.3 is 0 Å². The SMILES string of the molecule is O=C1C(=O)N2CCCCc3cc(Br)cc1c32. The van der Waals surface area contributed by atoms with Gasteiger partial charge in [0.1, 0.15) is 0 Å². The Morgan fingerprint density at radius 1 is 1.19 bits per heavy atom. The van der Waals surface area contributed by atoms with E-state index in [9.17, 15) is 9.59 Å². The van der Waals surface area contributed by atoms with Crippen LogP contribution in [0, 0.1) is 0 Å². The van der Waals surface area contributed by atoms with E-state index in [0.29, 0.717) is 12.1 Å². The Labute approximate surface area is 102 Å². The maximum atomic E-state index is 11.8. The number of anilines is 1. The Morgan fingerprint density at radius 2 is 2.00 bits per heavy atom. The molecular formula is C12H10BrNO2. The first-order valence-electron chi connectivity index (χ1n) is 5.37. The molecule has 4 heteroatoms. The summed E-state index contributed by atoms with van der Waals surface area (Å²) in [5, 5.41) is 0. The van der Waals surface area contributed by atoms with Crippen molar-refractivity contribution in [1.29, 1.82) is 0 Å². The first kappa shape index (κ1) is 10.0. The van der Waals surface area contributed by atoms with Crippen LogP contribution in [-0.4, -0.2) is 18.2 Å². The fourth-order valence-corrected chi connectivity index (χ4v) is 2.98. The largest absolute Gasteiger partial charge is 0.304 e. The van der Waals surface area contributed by atoms with Gasteiger partial charge in [-0.2, -0.15) is 0 Å². The Kier molecular flexibility index (Phi) is 2.14. The zero-order chi connectivity index (χ0) is 11.3. The second-order valence-electron chi connectivity index (χ2n) is 4.20. The third-order valence-corrected chi connectivity index (χ3v) is 3.64. The topological polar surface area (TPSA) is 37.4 Å². The Morgan fingerprint density at radius 3 is 2.81 bits per heavy atom. The fourth-order valence-electron chi connectivity index (χ4n) is 2.48. The molecule has 82 valence electrons. The van der Waals surface area contributed by atoms with Crippen molar-refractivity contribution < 1.29 is 9.59 Å². The first-order chi connectivity index (χ1) is 7.68. The molecule has 0 radical (unpaired) electrons. The van der Waals surface area contributed by atoms with Gasteiger partial charge in [0.05, 0.1) is 11.3 Å². The van der Waals surface area contributed by atoms with Crippen LogP contribution in [0.5, 0.6) is 0 Å². The molecular weight excluding hydrogens is 270 g/mol. The number of hydrogen-bond acceptors (Lipinski definition) is 2. The molecule has 1 aromatic rings. The monoisotopic (exact) mass is 279 g/mol. The molecule has 0 spiro atoms. The van der Waals surface area contributed by atoms with E-state index in [1.165, 1.54) is 0 Å². The molecule has 1 amide bonds. The van der Waals surface area contributed by atoms with E-state index in [1.54, 1.807) is 11.0 Å². The summed E-state index contributed by atoms with van der Waals surface area (Å²) in [6, 6.07) is 3.77. The molecule has 2 aliphatic heterocycles. The lowest BCUT2D eigenvalue weighted by Crippen LogP contribution is -2.30. The third-order valence-electron chi connectivity index (χ3n) is 3.19. The number of benzene rings is 1. The van der Waals surface area contributed by atoms with Crippen LogP contribution < -0.4 is 4.90 Å². The molecule has 0 N–H and O–H groups in total. The molecule has 3 rings (SSSR count). The van der Waals surface area contributed by atoms with Crippen LogP contribution in [0.15, 0.2) is 16.6 Å². The molecule has 1 aromatic carbocycles. The number of ketones is 1. The fraction of sp³-hybridized carbons (Fsp3) is 0.333. The number of nitrogens with zero attached hydrogens (tertiary/aromatic N) is 1. The van der Waals surface area contributed by atoms with Crippen LogP contribution in [0.3, 0.4) is 0 Å². The zero-order valence-corrected chi connectivity index (χ0v) is 10.2. The summed E-state index contributed by atoms with van der Waals surface area (Å²) in [5.74, 6) is -0.726. The number of Topliss-reactive ketones (excluding diaryl/α,β-unsaturated/α-hetero) is 1. The number of hydrogen-bond donors (Lipinski definition) is 0. The van der Waals surface area contributed by atoms with E-state index in [0.717, 1.165) is 35.0 Å². The van der Waals surface area contributed by atoms with Gasteiger partial charge in [-0.05, 0) is 37.0 Å². The molecule has 2 aliphatic rings. The standard InChI is InChI=1S/C12H10BrNO2/c13-8-5-7-3-1-2-4-14-10(7)9(6-8)11(15)12(14)16/h5-6H,1-4H2. The average molecular weight is 280 g/mol. The van der Waals surface area contributed by atoms with Crippen molar-refractivity contribution in [2.24, 2.45) is 0 Å². The minimum atomic E-state index is -0.365. The van der Waals surface area contributed by atoms with Gasteiger partial charge in [0.2, 0.25) is 0 Å². The second-order valence-corrected chi connectivity index (χ2v) is 5.12. The zero-order valence-electron chi connectivity index (χ0n) is 8.62. The lowest BCUT2D eigenvalue weighted by Gasteiger charge is -2.15. The van der Waals surface area contributed by atoms with Crippen molar-refractivity contribution in [2.45, 2.75) is 19.3 Å². The number of aryl methyl sites for hydroxylation is 1. The van der Waals surface area contributed by atoms with E-state index < -0.39 is 0 Å². The van der Waals surface area contributed by atoms with Gasteiger partial charge in [-0.25, -0.2) is 0 Å². The molecule has 0 unspecified atom stereocenters. The first-order valence-corrected chi connectivity index (χ1v) is 6.16. The molecule has 0 saturated carbocycles. The van der Waals surface area contributed by atoms with Crippen molar-refractivity contribution in [2.75, 3.05) is 11.4 Å². The van der Waals surface area contributed by atoms with Crippen LogP contribution in [0.2, 0.25) is 0 Å². The Bertz CT molecular complexity index is 510. The molecule has 2 heterocycles. The molecule has 0 aromatic heterocycles. The minimum absolute atomic E-state index is 0.362. The average Bonchev–Trinajstić information content (AvgIpc) is 2.44. The molecule has 3 nitrogen and oxygen atoms in total. The number of amides is 1. The summed E-state index contributed by atoms with van der Waals surface area (Å²) in [7, 11) is 0. The lowest BCUT2D eigenvalue weighted by molar-refractivity contribution is -0.114. The molecule has 0 fully saturated rings. The van der Waals surface area contributed by atoms with Crippen LogP contribution >= 0.6 is 15.9 Å². The van der Waals surface area contributed by atoms with Gasteiger partial charge in [0.25, 0.3) is 11.7 Å². The maximum absolute atomic E-state index is 11.8. The van der Waals surface area contributed by atoms with Crippen molar-refractivity contribution >= 4 is 33.3 Å². The van der Waals surface area contributed by atoms with Crippen molar-refractivity contribution in [1.82, 2.24) is 0 Å². The smallest absolute Gasteiger partial charge is 0.299 e. The Balaban J connectivity index is 2.29. The van der Waals surface area contributed by atoms with Gasteiger partial charge < -0.3 is 4.90 Å². The number of carbonyl (C=O) groups excluding carboxylic acids is 2. The molecule has 0 saturated heterocycles. The summed E-state index contributed by atoms with van der Waals surface area (Å²) < 4.78 is 0.881. The summed E-state index contributed by atoms with van der Waals surface area (Å²) in [5.41, 5.74) is 2.54. The number of rotatable bonds is 0. The highest BCUT2D eigenvalue weighted by atomic mass is 79.9. The molecule has 0 atom stereocenters.